The van der Waals surface area contributed by atoms with Crippen LogP contribution in [0.2, 0.25) is 5.02 Å². The second-order valence-corrected chi connectivity index (χ2v) is 6.99. The lowest BCUT2D eigenvalue weighted by Crippen LogP contribution is -2.39. The molecule has 1 unspecified atom stereocenters. The maximum absolute atomic E-state index is 12.5. The van der Waals surface area contributed by atoms with Crippen molar-refractivity contribution in [3.05, 3.63) is 28.8 Å². The summed E-state index contributed by atoms with van der Waals surface area (Å²) in [5.41, 5.74) is 6.50. The Balaban J connectivity index is 0.00000361. The van der Waals surface area contributed by atoms with E-state index in [2.05, 4.69) is 0 Å². The molecule has 0 heterocycles. The van der Waals surface area contributed by atoms with Gasteiger partial charge >= 0.3 is 0 Å². The third-order valence-electron chi connectivity index (χ3n) is 3.15. The van der Waals surface area contributed by atoms with Gasteiger partial charge in [0.15, 0.2) is 0 Å². The summed E-state index contributed by atoms with van der Waals surface area (Å²) in [5, 5.41) is 0.246. The van der Waals surface area contributed by atoms with Crippen molar-refractivity contribution in [3.63, 3.8) is 0 Å². The van der Waals surface area contributed by atoms with Crippen LogP contribution in [0.15, 0.2) is 23.1 Å². The summed E-state index contributed by atoms with van der Waals surface area (Å²) in [6.45, 7) is 4.08. The first kappa shape index (κ1) is 19.7. The van der Waals surface area contributed by atoms with E-state index in [0.717, 1.165) is 18.4 Å². The molecule has 2 N–H and O–H groups in total. The fourth-order valence-electron chi connectivity index (χ4n) is 1.73. The van der Waals surface area contributed by atoms with Gasteiger partial charge in [-0.2, -0.15) is 4.31 Å². The third-order valence-corrected chi connectivity index (χ3v) is 5.61. The summed E-state index contributed by atoms with van der Waals surface area (Å²) in [6, 6.07) is 4.88. The average Bonchev–Trinajstić information content (AvgIpc) is 2.39. The van der Waals surface area contributed by atoms with Crippen LogP contribution in [0.5, 0.6) is 0 Å². The molecule has 0 radical (unpaired) electrons. The Hall–Kier alpha value is -0.330. The molecule has 1 aromatic carbocycles. The van der Waals surface area contributed by atoms with Crippen molar-refractivity contribution in [3.8, 4) is 0 Å². The number of aryl methyl sites for hydroxylation is 1. The number of hydrogen-bond acceptors (Lipinski definition) is 3. The summed E-state index contributed by atoms with van der Waals surface area (Å²) in [4.78, 5) is 0.155. The van der Waals surface area contributed by atoms with Crippen LogP contribution in [0.3, 0.4) is 0 Å². The van der Waals surface area contributed by atoms with Crippen LogP contribution in [-0.4, -0.2) is 32.4 Å². The van der Waals surface area contributed by atoms with Crippen LogP contribution >= 0.6 is 24.0 Å². The van der Waals surface area contributed by atoms with E-state index in [0.29, 0.717) is 0 Å². The number of likely N-dealkylation sites (N-methyl/N-ethyl adjacent to an activating group) is 1. The molecule has 0 saturated carbocycles. The molecule has 1 atom stereocenters. The Labute approximate surface area is 132 Å². The van der Waals surface area contributed by atoms with Gasteiger partial charge in [-0.1, -0.05) is 31.0 Å². The van der Waals surface area contributed by atoms with E-state index in [1.807, 2.05) is 13.0 Å². The quantitative estimate of drug-likeness (QED) is 0.865. The predicted molar refractivity (Wildman–Crippen MR) is 86.2 cm³/mol. The largest absolute Gasteiger partial charge is 0.329 e. The molecule has 0 aliphatic carbocycles. The van der Waals surface area contributed by atoms with Gasteiger partial charge in [-0.25, -0.2) is 8.42 Å². The molecule has 0 fully saturated rings. The Morgan fingerprint density at radius 2 is 2.00 bits per heavy atom. The van der Waals surface area contributed by atoms with Crippen LogP contribution < -0.4 is 5.73 Å². The summed E-state index contributed by atoms with van der Waals surface area (Å²) in [7, 11) is -2.08. The second kappa shape index (κ2) is 8.20. The minimum Gasteiger partial charge on any atom is -0.329 e. The molecule has 4 nitrogen and oxygen atoms in total. The Kier molecular flexibility index (Phi) is 8.06. The van der Waals surface area contributed by atoms with E-state index in [4.69, 9.17) is 17.3 Å². The minimum atomic E-state index is -3.60. The first-order chi connectivity index (χ1) is 8.84. The molecule has 1 rings (SSSR count). The maximum Gasteiger partial charge on any atom is 0.244 e. The number of sulfonamides is 1. The van der Waals surface area contributed by atoms with Gasteiger partial charge in [-0.05, 0) is 31.0 Å². The molecule has 116 valence electrons. The molecule has 7 heteroatoms. The lowest BCUT2D eigenvalue weighted by atomic mass is 10.1. The highest BCUT2D eigenvalue weighted by molar-refractivity contribution is 7.89. The maximum atomic E-state index is 12.5. The Bertz CT molecular complexity index is 535. The van der Waals surface area contributed by atoms with Gasteiger partial charge in [0.05, 0.1) is 5.02 Å². The molecule has 0 bridgehead atoms. The molecular formula is C13H22Cl2N2O2S. The number of hydrogen-bond donors (Lipinski definition) is 1. The molecule has 0 aromatic heterocycles. The van der Waals surface area contributed by atoms with Crippen molar-refractivity contribution in [1.29, 1.82) is 0 Å². The van der Waals surface area contributed by atoms with E-state index >= 15 is 0 Å². The number of rotatable bonds is 6. The summed E-state index contributed by atoms with van der Waals surface area (Å²) >= 11 is 6.04. The van der Waals surface area contributed by atoms with Gasteiger partial charge in [0.1, 0.15) is 4.90 Å². The fraction of sp³-hybridized carbons (Fsp3) is 0.538. The SMILES string of the molecule is CCCc1ccc(Cl)c(S(=O)(=O)N(C)C(C)CN)c1.Cl. The number of benzene rings is 1. The minimum absolute atomic E-state index is 0. The van der Waals surface area contributed by atoms with Crippen molar-refractivity contribution in [1.82, 2.24) is 4.31 Å². The Morgan fingerprint density at radius 1 is 1.40 bits per heavy atom. The van der Waals surface area contributed by atoms with E-state index in [1.165, 1.54) is 11.4 Å². The van der Waals surface area contributed by atoms with Gasteiger partial charge in [-0.3, -0.25) is 0 Å². The van der Waals surface area contributed by atoms with Crippen LogP contribution in [0.1, 0.15) is 25.8 Å². The van der Waals surface area contributed by atoms with Crippen LogP contribution in [-0.2, 0) is 16.4 Å². The molecule has 0 saturated heterocycles. The van der Waals surface area contributed by atoms with Crippen molar-refractivity contribution in [2.24, 2.45) is 5.73 Å². The first-order valence-corrected chi connectivity index (χ1v) is 8.12. The van der Waals surface area contributed by atoms with Gasteiger partial charge in [0, 0.05) is 19.6 Å². The number of nitrogens with two attached hydrogens (primary N) is 1. The van der Waals surface area contributed by atoms with Gasteiger partial charge < -0.3 is 5.73 Å². The molecule has 20 heavy (non-hydrogen) atoms. The molecule has 0 spiro atoms. The van der Waals surface area contributed by atoms with Gasteiger partial charge in [-0.15, -0.1) is 12.4 Å². The van der Waals surface area contributed by atoms with Crippen LogP contribution in [0.25, 0.3) is 0 Å². The zero-order valence-corrected chi connectivity index (χ0v) is 14.4. The third kappa shape index (κ3) is 4.33. The van der Waals surface area contributed by atoms with Crippen LogP contribution in [0.4, 0.5) is 0 Å². The second-order valence-electron chi connectivity index (χ2n) is 4.62. The highest BCUT2D eigenvalue weighted by Crippen LogP contribution is 2.26. The van der Waals surface area contributed by atoms with Gasteiger partial charge in [0.25, 0.3) is 0 Å². The normalized spacial score (nSPS) is 13.1. The van der Waals surface area contributed by atoms with Crippen molar-refractivity contribution >= 4 is 34.0 Å². The first-order valence-electron chi connectivity index (χ1n) is 6.31. The van der Waals surface area contributed by atoms with E-state index in [9.17, 15) is 8.42 Å². The zero-order chi connectivity index (χ0) is 14.6. The van der Waals surface area contributed by atoms with Crippen molar-refractivity contribution < 1.29 is 8.42 Å². The smallest absolute Gasteiger partial charge is 0.244 e. The molecule has 0 aliphatic rings. The monoisotopic (exact) mass is 340 g/mol. The molecular weight excluding hydrogens is 319 g/mol. The lowest BCUT2D eigenvalue weighted by molar-refractivity contribution is 0.394. The van der Waals surface area contributed by atoms with E-state index < -0.39 is 10.0 Å². The van der Waals surface area contributed by atoms with E-state index in [-0.39, 0.29) is 34.9 Å². The summed E-state index contributed by atoms with van der Waals surface area (Å²) < 4.78 is 26.3. The summed E-state index contributed by atoms with van der Waals surface area (Å²) in [6.07, 6.45) is 1.78. The van der Waals surface area contributed by atoms with Crippen molar-refractivity contribution in [2.75, 3.05) is 13.6 Å². The Morgan fingerprint density at radius 3 is 2.50 bits per heavy atom. The lowest BCUT2D eigenvalue weighted by Gasteiger charge is -2.23. The standard InChI is InChI=1S/C13H21ClN2O2S.ClH/c1-4-5-11-6-7-12(14)13(8-11)19(17,18)16(3)10(2)9-15;/h6-8,10H,4-5,9,15H2,1-3H3;1H. The summed E-state index contributed by atoms with van der Waals surface area (Å²) in [5.74, 6) is 0. The van der Waals surface area contributed by atoms with Gasteiger partial charge in [0.2, 0.25) is 10.0 Å². The van der Waals surface area contributed by atoms with Crippen LogP contribution in [0, 0.1) is 0 Å². The van der Waals surface area contributed by atoms with E-state index in [1.54, 1.807) is 19.1 Å². The highest BCUT2D eigenvalue weighted by atomic mass is 35.5. The average molecular weight is 341 g/mol. The van der Waals surface area contributed by atoms with Crippen molar-refractivity contribution in [2.45, 2.75) is 37.6 Å². The highest BCUT2D eigenvalue weighted by Gasteiger charge is 2.27. The zero-order valence-electron chi connectivity index (χ0n) is 12.0. The number of nitrogens with zero attached hydrogens (tertiary/aromatic N) is 1. The fourth-order valence-corrected chi connectivity index (χ4v) is 3.63. The predicted octanol–water partition coefficient (Wildman–Crippen LogP) is 2.68. The molecule has 1 aromatic rings. The molecule has 0 aliphatic heterocycles. The topological polar surface area (TPSA) is 63.4 Å². The molecule has 0 amide bonds. The number of halogens is 2.